The van der Waals surface area contributed by atoms with E-state index in [2.05, 4.69) is 11.9 Å². The molecule has 2 nitrogen and oxygen atoms in total. The third-order valence-electron chi connectivity index (χ3n) is 0.982. The molecule has 0 aliphatic carbocycles. The molecule has 0 aromatic carbocycles. The van der Waals surface area contributed by atoms with Gasteiger partial charge in [-0.25, -0.2) is 0 Å². The summed E-state index contributed by atoms with van der Waals surface area (Å²) in [6.45, 7) is 7.15. The van der Waals surface area contributed by atoms with Crippen molar-refractivity contribution >= 4 is 5.91 Å². The van der Waals surface area contributed by atoms with Crippen LogP contribution in [0.1, 0.15) is 13.8 Å². The summed E-state index contributed by atoms with van der Waals surface area (Å²) in [5.41, 5.74) is 0. The second-order valence-electron chi connectivity index (χ2n) is 2.26. The number of nitrogens with one attached hydrogen (secondary N) is 1. The summed E-state index contributed by atoms with van der Waals surface area (Å²) in [4.78, 5) is 10.8. The molecule has 10 heavy (non-hydrogen) atoms. The molecule has 0 aliphatic heterocycles. The highest BCUT2D eigenvalue weighted by atomic mass is 16.1. The first-order valence-electron chi connectivity index (χ1n) is 3.26. The van der Waals surface area contributed by atoms with Crippen molar-refractivity contribution in [2.75, 3.05) is 0 Å². The van der Waals surface area contributed by atoms with Gasteiger partial charge in [0.2, 0.25) is 5.91 Å². The van der Waals surface area contributed by atoms with E-state index in [1.54, 1.807) is 18.4 Å². The lowest BCUT2D eigenvalue weighted by Crippen LogP contribution is -2.22. The summed E-state index contributed by atoms with van der Waals surface area (Å²) < 4.78 is 0. The lowest BCUT2D eigenvalue weighted by atomic mass is 10.2. The molecule has 0 rings (SSSR count). The third-order valence-corrected chi connectivity index (χ3v) is 0.982. The van der Waals surface area contributed by atoms with Gasteiger partial charge in [-0.05, 0) is 6.08 Å². The Labute approximate surface area is 61.6 Å². The summed E-state index contributed by atoms with van der Waals surface area (Å²) >= 11 is 0. The molecule has 56 valence electrons. The molecule has 2 heteroatoms. The smallest absolute Gasteiger partial charge is 0.226 e. The van der Waals surface area contributed by atoms with E-state index in [0.29, 0.717) is 0 Å². The highest BCUT2D eigenvalue weighted by Gasteiger charge is 2.01. The van der Waals surface area contributed by atoms with E-state index >= 15 is 0 Å². The molecule has 0 saturated heterocycles. The third kappa shape index (κ3) is 3.89. The van der Waals surface area contributed by atoms with Gasteiger partial charge in [-0.15, -0.1) is 0 Å². The minimum atomic E-state index is 0.0260. The molecule has 1 N–H and O–H groups in total. The Morgan fingerprint density at radius 1 is 1.60 bits per heavy atom. The van der Waals surface area contributed by atoms with Crippen LogP contribution in [-0.4, -0.2) is 5.91 Å². The van der Waals surface area contributed by atoms with Crippen molar-refractivity contribution in [3.63, 3.8) is 0 Å². The van der Waals surface area contributed by atoms with Gasteiger partial charge < -0.3 is 5.32 Å². The van der Waals surface area contributed by atoms with Crippen molar-refractivity contribution in [3.8, 4) is 0 Å². The Hall–Kier alpha value is -1.05. The van der Waals surface area contributed by atoms with Crippen LogP contribution in [0.5, 0.6) is 0 Å². The van der Waals surface area contributed by atoms with Gasteiger partial charge in [-0.1, -0.05) is 26.5 Å². The monoisotopic (exact) mass is 139 g/mol. The largest absolute Gasteiger partial charge is 0.332 e. The van der Waals surface area contributed by atoms with Crippen molar-refractivity contribution in [1.29, 1.82) is 0 Å². The fraction of sp³-hybridized carbons (Fsp3) is 0.375. The van der Waals surface area contributed by atoms with E-state index in [4.69, 9.17) is 0 Å². The first-order chi connectivity index (χ1) is 4.68. The topological polar surface area (TPSA) is 29.1 Å². The lowest BCUT2D eigenvalue weighted by molar-refractivity contribution is -0.123. The zero-order valence-electron chi connectivity index (χ0n) is 6.42. The highest BCUT2D eigenvalue weighted by molar-refractivity contribution is 5.78. The minimum absolute atomic E-state index is 0.0260. The lowest BCUT2D eigenvalue weighted by Gasteiger charge is -2.00. The molecule has 0 bridgehead atoms. The van der Waals surface area contributed by atoms with Crippen molar-refractivity contribution in [2.24, 2.45) is 5.92 Å². The van der Waals surface area contributed by atoms with Crippen LogP contribution in [0.2, 0.25) is 0 Å². The van der Waals surface area contributed by atoms with Gasteiger partial charge >= 0.3 is 0 Å². The number of hydrogen-bond donors (Lipinski definition) is 1. The average molecular weight is 139 g/mol. The molecule has 0 aromatic heterocycles. The molecule has 0 aromatic rings. The van der Waals surface area contributed by atoms with Gasteiger partial charge in [0.1, 0.15) is 0 Å². The Balaban J connectivity index is 3.59. The normalized spacial score (nSPS) is 10.3. The van der Waals surface area contributed by atoms with E-state index in [1.807, 2.05) is 13.8 Å². The molecule has 0 spiro atoms. The SMILES string of the molecule is C=CC=CNC(=O)C(C)C. The van der Waals surface area contributed by atoms with Gasteiger partial charge in [-0.2, -0.15) is 0 Å². The summed E-state index contributed by atoms with van der Waals surface area (Å²) in [5, 5.41) is 2.59. The van der Waals surface area contributed by atoms with E-state index < -0.39 is 0 Å². The van der Waals surface area contributed by atoms with Gasteiger partial charge in [-0.3, -0.25) is 4.79 Å². The molecule has 0 fully saturated rings. The number of carbonyl (C=O) groups excluding carboxylic acids is 1. The Bertz CT molecular complexity index is 147. The Morgan fingerprint density at radius 2 is 2.20 bits per heavy atom. The van der Waals surface area contributed by atoms with Crippen molar-refractivity contribution < 1.29 is 4.79 Å². The van der Waals surface area contributed by atoms with Crippen LogP contribution in [0.25, 0.3) is 0 Å². The van der Waals surface area contributed by atoms with Crippen LogP contribution in [0.4, 0.5) is 0 Å². The van der Waals surface area contributed by atoms with Crippen LogP contribution in [0, 0.1) is 5.92 Å². The maximum Gasteiger partial charge on any atom is 0.226 e. The summed E-state index contributed by atoms with van der Waals surface area (Å²) in [6, 6.07) is 0. The molecule has 1 amide bonds. The van der Waals surface area contributed by atoms with Crippen molar-refractivity contribution in [3.05, 3.63) is 24.9 Å². The van der Waals surface area contributed by atoms with Crippen molar-refractivity contribution in [1.82, 2.24) is 5.32 Å². The van der Waals surface area contributed by atoms with E-state index in [9.17, 15) is 4.79 Å². The summed E-state index contributed by atoms with van der Waals surface area (Å²) in [7, 11) is 0. The van der Waals surface area contributed by atoms with Crippen LogP contribution < -0.4 is 5.32 Å². The number of allylic oxidation sites excluding steroid dienone is 2. The molecular weight excluding hydrogens is 126 g/mol. The predicted molar refractivity (Wildman–Crippen MR) is 42.3 cm³/mol. The molecule has 0 unspecified atom stereocenters. The maximum absolute atomic E-state index is 10.8. The second-order valence-corrected chi connectivity index (χ2v) is 2.26. The molecule has 0 aliphatic rings. The van der Waals surface area contributed by atoms with Crippen LogP contribution in [-0.2, 0) is 4.79 Å². The fourth-order valence-electron chi connectivity index (χ4n) is 0.365. The standard InChI is InChI=1S/C8H13NO/c1-4-5-6-9-8(10)7(2)3/h4-7H,1H2,2-3H3,(H,9,10). The Morgan fingerprint density at radius 3 is 2.60 bits per heavy atom. The molecular formula is C8H13NO. The number of hydrogen-bond acceptors (Lipinski definition) is 1. The molecule has 0 atom stereocenters. The first kappa shape index (κ1) is 8.95. The number of rotatable bonds is 3. The van der Waals surface area contributed by atoms with Gasteiger partial charge in [0, 0.05) is 12.1 Å². The van der Waals surface area contributed by atoms with E-state index in [-0.39, 0.29) is 11.8 Å². The predicted octanol–water partition coefficient (Wildman–Crippen LogP) is 1.46. The van der Waals surface area contributed by atoms with E-state index in [0.717, 1.165) is 0 Å². The number of carbonyl (C=O) groups is 1. The highest BCUT2D eigenvalue weighted by Crippen LogP contribution is 1.89. The van der Waals surface area contributed by atoms with E-state index in [1.165, 1.54) is 0 Å². The summed E-state index contributed by atoms with van der Waals surface area (Å²) in [6.07, 6.45) is 4.87. The zero-order chi connectivity index (χ0) is 7.98. The molecule has 0 radical (unpaired) electrons. The van der Waals surface area contributed by atoms with Gasteiger partial charge in [0.05, 0.1) is 0 Å². The van der Waals surface area contributed by atoms with Crippen molar-refractivity contribution in [2.45, 2.75) is 13.8 Å². The maximum atomic E-state index is 10.8. The average Bonchev–Trinajstić information content (AvgIpc) is 1.88. The zero-order valence-corrected chi connectivity index (χ0v) is 6.42. The fourth-order valence-corrected chi connectivity index (χ4v) is 0.365. The van der Waals surface area contributed by atoms with Gasteiger partial charge in [0.15, 0.2) is 0 Å². The molecule has 0 saturated carbocycles. The quantitative estimate of drug-likeness (QED) is 0.589. The Kier molecular flexibility index (Phi) is 4.29. The van der Waals surface area contributed by atoms with Crippen LogP contribution in [0.15, 0.2) is 24.9 Å². The second kappa shape index (κ2) is 4.79. The minimum Gasteiger partial charge on any atom is -0.332 e. The van der Waals surface area contributed by atoms with Crippen LogP contribution in [0.3, 0.4) is 0 Å². The van der Waals surface area contributed by atoms with Crippen LogP contribution >= 0.6 is 0 Å². The van der Waals surface area contributed by atoms with Gasteiger partial charge in [0.25, 0.3) is 0 Å². The number of amides is 1. The summed E-state index contributed by atoms with van der Waals surface area (Å²) in [5.74, 6) is 0.0626. The first-order valence-corrected chi connectivity index (χ1v) is 3.26. The molecule has 0 heterocycles.